The van der Waals surface area contributed by atoms with Crippen molar-refractivity contribution in [3.8, 4) is 0 Å². The third kappa shape index (κ3) is 3.37. The maximum absolute atomic E-state index is 6.38. The number of nitrogens with zero attached hydrogens (tertiary/aromatic N) is 3. The lowest BCUT2D eigenvalue weighted by atomic mass is 9.95. The lowest BCUT2D eigenvalue weighted by molar-refractivity contribution is 0.121. The Labute approximate surface area is 148 Å². The third-order valence-corrected chi connectivity index (χ3v) is 5.95. The fraction of sp³-hybridized carbons (Fsp3) is 0.526. The van der Waals surface area contributed by atoms with Gasteiger partial charge in [0.05, 0.1) is 16.4 Å². The molecule has 3 saturated heterocycles. The van der Waals surface area contributed by atoms with Gasteiger partial charge in [0.15, 0.2) is 0 Å². The zero-order chi connectivity index (χ0) is 16.5. The molecule has 4 nitrogen and oxygen atoms in total. The summed E-state index contributed by atoms with van der Waals surface area (Å²) in [5.74, 6) is 0.756. The fourth-order valence-corrected chi connectivity index (χ4v) is 4.35. The number of fused-ring (bicyclic) bond motifs is 4. The van der Waals surface area contributed by atoms with E-state index in [1.807, 2.05) is 6.92 Å². The minimum atomic E-state index is 0.612. The number of nitrogens with one attached hydrogen (secondary N) is 1. The smallest absolute Gasteiger partial charge is 0.0951 e. The van der Waals surface area contributed by atoms with E-state index in [4.69, 9.17) is 11.6 Å². The molecule has 3 aliphatic rings. The number of aromatic amines is 1. The highest BCUT2D eigenvalue weighted by Crippen LogP contribution is 2.31. The average molecular weight is 345 g/mol. The van der Waals surface area contributed by atoms with Crippen molar-refractivity contribution >= 4 is 11.6 Å². The summed E-state index contributed by atoms with van der Waals surface area (Å²) in [5, 5.41) is 8.21. The molecule has 1 aromatic heterocycles. The summed E-state index contributed by atoms with van der Waals surface area (Å²) in [6, 6.07) is 11.4. The Balaban J connectivity index is 1.45. The Morgan fingerprint density at radius 1 is 1.12 bits per heavy atom. The molecule has 0 saturated carbocycles. The van der Waals surface area contributed by atoms with Crippen molar-refractivity contribution in [3.05, 3.63) is 52.3 Å². The number of benzene rings is 1. The van der Waals surface area contributed by atoms with Crippen LogP contribution in [0.5, 0.6) is 0 Å². The van der Waals surface area contributed by atoms with E-state index in [0.717, 1.165) is 48.5 Å². The third-order valence-electron chi connectivity index (χ3n) is 5.45. The molecule has 24 heavy (non-hydrogen) atoms. The minimum absolute atomic E-state index is 0.612. The monoisotopic (exact) mass is 344 g/mol. The van der Waals surface area contributed by atoms with Crippen molar-refractivity contribution in [1.29, 1.82) is 0 Å². The van der Waals surface area contributed by atoms with Crippen LogP contribution in [-0.4, -0.2) is 45.7 Å². The van der Waals surface area contributed by atoms with Gasteiger partial charge >= 0.3 is 0 Å². The van der Waals surface area contributed by atoms with E-state index >= 15 is 0 Å². The van der Waals surface area contributed by atoms with Gasteiger partial charge in [-0.25, -0.2) is 0 Å². The summed E-state index contributed by atoms with van der Waals surface area (Å²) < 4.78 is 0. The molecule has 2 bridgehead atoms. The first kappa shape index (κ1) is 16.1. The summed E-state index contributed by atoms with van der Waals surface area (Å²) in [5.41, 5.74) is 3.38. The SMILES string of the molecule is Cc1[nH]nc(CN2C[C@@H]3CC[C@H]2CN(Cc2ccccc2)C3)c1Cl. The number of aromatic nitrogens is 2. The summed E-state index contributed by atoms with van der Waals surface area (Å²) in [7, 11) is 0. The lowest BCUT2D eigenvalue weighted by Crippen LogP contribution is -2.43. The van der Waals surface area contributed by atoms with Crippen LogP contribution >= 0.6 is 11.6 Å². The van der Waals surface area contributed by atoms with Gasteiger partial charge in [-0.15, -0.1) is 0 Å². The van der Waals surface area contributed by atoms with Crippen LogP contribution < -0.4 is 0 Å². The van der Waals surface area contributed by atoms with Crippen LogP contribution in [0.4, 0.5) is 0 Å². The molecule has 5 rings (SSSR count). The highest BCUT2D eigenvalue weighted by molar-refractivity contribution is 6.31. The van der Waals surface area contributed by atoms with E-state index in [9.17, 15) is 0 Å². The maximum Gasteiger partial charge on any atom is 0.0951 e. The molecule has 5 heteroatoms. The Morgan fingerprint density at radius 3 is 2.71 bits per heavy atom. The number of hydrogen-bond donors (Lipinski definition) is 1. The van der Waals surface area contributed by atoms with Gasteiger partial charge in [0.1, 0.15) is 0 Å². The van der Waals surface area contributed by atoms with Crippen molar-refractivity contribution in [3.63, 3.8) is 0 Å². The van der Waals surface area contributed by atoms with Gasteiger partial charge in [-0.1, -0.05) is 41.9 Å². The van der Waals surface area contributed by atoms with Crippen LogP contribution in [-0.2, 0) is 13.1 Å². The first-order valence-electron chi connectivity index (χ1n) is 8.88. The molecule has 4 heterocycles. The van der Waals surface area contributed by atoms with Gasteiger partial charge < -0.3 is 0 Å². The van der Waals surface area contributed by atoms with E-state index in [1.165, 1.54) is 24.9 Å². The molecule has 0 unspecified atom stereocenters. The number of aryl methyl sites for hydroxylation is 1. The molecule has 1 N–H and O–H groups in total. The summed E-state index contributed by atoms with van der Waals surface area (Å²) >= 11 is 6.38. The maximum atomic E-state index is 6.38. The molecule has 1 aromatic carbocycles. The van der Waals surface area contributed by atoms with E-state index in [2.05, 4.69) is 50.3 Å². The second-order valence-electron chi connectivity index (χ2n) is 7.32. The molecule has 2 atom stereocenters. The zero-order valence-electron chi connectivity index (χ0n) is 14.2. The van der Waals surface area contributed by atoms with E-state index in [-0.39, 0.29) is 0 Å². The predicted molar refractivity (Wildman–Crippen MR) is 97.0 cm³/mol. The molecule has 0 radical (unpaired) electrons. The highest BCUT2D eigenvalue weighted by atomic mass is 35.5. The molecule has 0 aliphatic carbocycles. The van der Waals surface area contributed by atoms with Crippen LogP contribution in [0.25, 0.3) is 0 Å². The molecule has 128 valence electrons. The van der Waals surface area contributed by atoms with Crippen LogP contribution in [0.1, 0.15) is 29.8 Å². The molecule has 3 fully saturated rings. The topological polar surface area (TPSA) is 35.2 Å². The molecule has 2 aromatic rings. The molecule has 3 aliphatic heterocycles. The van der Waals surface area contributed by atoms with Crippen LogP contribution in [0, 0.1) is 12.8 Å². The van der Waals surface area contributed by atoms with Crippen LogP contribution in [0.15, 0.2) is 30.3 Å². The largest absolute Gasteiger partial charge is 0.297 e. The van der Waals surface area contributed by atoms with E-state index in [1.54, 1.807) is 0 Å². The van der Waals surface area contributed by atoms with E-state index in [0.29, 0.717) is 6.04 Å². The molecular weight excluding hydrogens is 320 g/mol. The molecule has 0 amide bonds. The lowest BCUT2D eigenvalue weighted by Gasteiger charge is -2.35. The summed E-state index contributed by atoms with van der Waals surface area (Å²) in [4.78, 5) is 5.23. The first-order chi connectivity index (χ1) is 11.7. The average Bonchev–Trinajstić information content (AvgIpc) is 2.77. The number of rotatable bonds is 4. The number of piperidine rings is 1. The van der Waals surface area contributed by atoms with Crippen molar-refractivity contribution in [1.82, 2.24) is 20.0 Å². The van der Waals surface area contributed by atoms with Gasteiger partial charge in [-0.2, -0.15) is 5.10 Å². The van der Waals surface area contributed by atoms with E-state index < -0.39 is 0 Å². The van der Waals surface area contributed by atoms with Gasteiger partial charge in [-0.05, 0) is 31.2 Å². The Bertz CT molecular complexity index is 684. The van der Waals surface area contributed by atoms with Crippen molar-refractivity contribution in [2.75, 3.05) is 19.6 Å². The van der Waals surface area contributed by atoms with Crippen LogP contribution in [0.2, 0.25) is 5.02 Å². The predicted octanol–water partition coefficient (Wildman–Crippen LogP) is 3.47. The molecule has 0 spiro atoms. The Hall–Kier alpha value is -1.36. The number of H-pyrrole nitrogens is 1. The number of halogens is 1. The van der Waals surface area contributed by atoms with Crippen molar-refractivity contribution in [2.45, 2.75) is 38.9 Å². The van der Waals surface area contributed by atoms with Crippen molar-refractivity contribution in [2.24, 2.45) is 5.92 Å². The van der Waals surface area contributed by atoms with Gasteiger partial charge in [0.25, 0.3) is 0 Å². The number of hydrogen-bond acceptors (Lipinski definition) is 3. The second kappa shape index (κ2) is 6.87. The van der Waals surface area contributed by atoms with Gasteiger partial charge in [-0.3, -0.25) is 14.9 Å². The summed E-state index contributed by atoms with van der Waals surface area (Å²) in [6.07, 6.45) is 2.64. The summed E-state index contributed by atoms with van der Waals surface area (Å²) in [6.45, 7) is 7.42. The second-order valence-corrected chi connectivity index (χ2v) is 7.69. The Kier molecular flexibility index (Phi) is 4.61. The van der Waals surface area contributed by atoms with Gasteiger partial charge in [0, 0.05) is 38.8 Å². The quantitative estimate of drug-likeness (QED) is 0.922. The van der Waals surface area contributed by atoms with Gasteiger partial charge in [0.2, 0.25) is 0 Å². The minimum Gasteiger partial charge on any atom is -0.297 e. The molecular formula is C19H25ClN4. The normalized spacial score (nSPS) is 25.1. The fourth-order valence-electron chi connectivity index (χ4n) is 4.20. The zero-order valence-corrected chi connectivity index (χ0v) is 15.0. The Morgan fingerprint density at radius 2 is 1.96 bits per heavy atom. The highest BCUT2D eigenvalue weighted by Gasteiger charge is 2.35. The standard InChI is InChI=1S/C19H25ClN4/c1-14-19(20)18(22-21-14)13-24-11-16-7-8-17(24)12-23(10-16)9-15-5-3-2-4-6-15/h2-6,16-17H,7-13H2,1H3,(H,21,22)/t16-,17+/m1/s1. The van der Waals surface area contributed by atoms with Crippen molar-refractivity contribution < 1.29 is 0 Å². The first-order valence-corrected chi connectivity index (χ1v) is 9.26. The van der Waals surface area contributed by atoms with Crippen LogP contribution in [0.3, 0.4) is 0 Å².